The second-order valence-corrected chi connectivity index (χ2v) is 4.92. The van der Waals surface area contributed by atoms with Gasteiger partial charge in [0.25, 0.3) is 0 Å². The Hall–Kier alpha value is -0.650. The summed E-state index contributed by atoms with van der Waals surface area (Å²) in [5.41, 5.74) is 7.10. The summed E-state index contributed by atoms with van der Waals surface area (Å²) in [4.78, 5) is 4.48. The monoisotopic (exact) mass is 241 g/mol. The number of thiazole rings is 1. The molecule has 1 aliphatic rings. The summed E-state index contributed by atoms with van der Waals surface area (Å²) < 4.78 is 5.60. The van der Waals surface area contributed by atoms with Crippen LogP contribution in [0.3, 0.4) is 0 Å². The molecule has 90 valence electrons. The third kappa shape index (κ3) is 2.36. The molecule has 3 N–H and O–H groups in total. The van der Waals surface area contributed by atoms with Gasteiger partial charge >= 0.3 is 0 Å². The van der Waals surface area contributed by atoms with Crippen LogP contribution in [0.5, 0.6) is 0 Å². The normalized spacial score (nSPS) is 28.8. The number of aryl methyl sites for hydroxylation is 1. The number of hydrogen-bond acceptors (Lipinski definition) is 5. The molecular formula is C11H19N3OS. The first-order chi connectivity index (χ1) is 7.74. The number of nitrogens with two attached hydrogens (primary N) is 1. The van der Waals surface area contributed by atoms with Gasteiger partial charge in [-0.25, -0.2) is 4.98 Å². The van der Waals surface area contributed by atoms with Gasteiger partial charge < -0.3 is 15.8 Å². The molecule has 1 heterocycles. The Kier molecular flexibility index (Phi) is 3.78. The molecule has 4 nitrogen and oxygen atoms in total. The predicted octanol–water partition coefficient (Wildman–Crippen LogP) is 1.62. The first kappa shape index (κ1) is 11.8. The maximum absolute atomic E-state index is 5.96. The summed E-state index contributed by atoms with van der Waals surface area (Å²) in [5, 5.41) is 6.42. The second-order valence-electron chi connectivity index (χ2n) is 4.06. The van der Waals surface area contributed by atoms with E-state index in [1.807, 2.05) is 6.92 Å². The van der Waals surface area contributed by atoms with Gasteiger partial charge in [-0.2, -0.15) is 0 Å². The molecule has 1 fully saturated rings. The third-order valence-electron chi connectivity index (χ3n) is 2.95. The lowest BCUT2D eigenvalue weighted by Gasteiger charge is -2.42. The largest absolute Gasteiger partial charge is 0.376 e. The minimum Gasteiger partial charge on any atom is -0.376 e. The number of rotatable bonds is 5. The Morgan fingerprint density at radius 1 is 1.62 bits per heavy atom. The average Bonchev–Trinajstić information content (AvgIpc) is 2.73. The van der Waals surface area contributed by atoms with Crippen LogP contribution in [0, 0.1) is 0 Å². The van der Waals surface area contributed by atoms with Gasteiger partial charge in [0.15, 0.2) is 5.13 Å². The summed E-state index contributed by atoms with van der Waals surface area (Å²) in [5.74, 6) is 0. The minimum atomic E-state index is 0.186. The van der Waals surface area contributed by atoms with E-state index in [1.54, 1.807) is 11.3 Å². The molecule has 5 heteroatoms. The summed E-state index contributed by atoms with van der Waals surface area (Å²) in [7, 11) is 0. The number of anilines is 1. The Balaban J connectivity index is 1.92. The van der Waals surface area contributed by atoms with Crippen LogP contribution in [0.4, 0.5) is 5.13 Å². The van der Waals surface area contributed by atoms with Crippen molar-refractivity contribution in [1.82, 2.24) is 4.98 Å². The number of aromatic nitrogens is 1. The van der Waals surface area contributed by atoms with Crippen molar-refractivity contribution in [3.8, 4) is 0 Å². The van der Waals surface area contributed by atoms with Gasteiger partial charge in [-0.1, -0.05) is 6.92 Å². The fraction of sp³-hybridized carbons (Fsp3) is 0.727. The highest BCUT2D eigenvalue weighted by atomic mass is 32.1. The number of hydrogen-bond donors (Lipinski definition) is 2. The molecule has 0 spiro atoms. The van der Waals surface area contributed by atoms with Gasteiger partial charge in [0.1, 0.15) is 0 Å². The van der Waals surface area contributed by atoms with Crippen molar-refractivity contribution < 1.29 is 4.74 Å². The highest BCUT2D eigenvalue weighted by molar-refractivity contribution is 7.13. The van der Waals surface area contributed by atoms with Crippen LogP contribution in [0.25, 0.3) is 0 Å². The van der Waals surface area contributed by atoms with Gasteiger partial charge in [0.2, 0.25) is 0 Å². The molecule has 3 unspecified atom stereocenters. The molecule has 16 heavy (non-hydrogen) atoms. The molecule has 0 aromatic carbocycles. The topological polar surface area (TPSA) is 60.2 Å². The minimum absolute atomic E-state index is 0.186. The van der Waals surface area contributed by atoms with Crippen LogP contribution in [0.2, 0.25) is 0 Å². The maximum atomic E-state index is 5.96. The zero-order valence-corrected chi connectivity index (χ0v) is 10.6. The van der Waals surface area contributed by atoms with E-state index in [0.717, 1.165) is 30.3 Å². The standard InChI is InChI=1S/C11H19N3OS/c1-3-7-6-16-11(13-7)14-10-8(12)5-9(10)15-4-2/h6,8-10H,3-5,12H2,1-2H3,(H,13,14). The fourth-order valence-electron chi connectivity index (χ4n) is 1.91. The maximum Gasteiger partial charge on any atom is 0.183 e. The van der Waals surface area contributed by atoms with E-state index in [9.17, 15) is 0 Å². The Bertz CT molecular complexity index is 340. The third-order valence-corrected chi connectivity index (χ3v) is 3.77. The van der Waals surface area contributed by atoms with Crippen molar-refractivity contribution in [2.24, 2.45) is 5.73 Å². The quantitative estimate of drug-likeness (QED) is 0.822. The first-order valence-corrected chi connectivity index (χ1v) is 6.70. The van der Waals surface area contributed by atoms with E-state index in [4.69, 9.17) is 10.5 Å². The lowest BCUT2D eigenvalue weighted by molar-refractivity contribution is -0.0126. The van der Waals surface area contributed by atoms with Crippen LogP contribution in [0.1, 0.15) is 26.0 Å². The highest BCUT2D eigenvalue weighted by Gasteiger charge is 2.39. The molecule has 0 aliphatic heterocycles. The van der Waals surface area contributed by atoms with E-state index in [0.29, 0.717) is 0 Å². The lowest BCUT2D eigenvalue weighted by Crippen LogP contribution is -2.60. The molecule has 2 rings (SSSR count). The number of nitrogens with zero attached hydrogens (tertiary/aromatic N) is 1. The predicted molar refractivity (Wildman–Crippen MR) is 66.9 cm³/mol. The zero-order chi connectivity index (χ0) is 11.5. The molecule has 3 atom stereocenters. The first-order valence-electron chi connectivity index (χ1n) is 5.82. The Morgan fingerprint density at radius 2 is 2.44 bits per heavy atom. The fourth-order valence-corrected chi connectivity index (χ4v) is 2.75. The SMILES string of the molecule is CCOC1CC(N)C1Nc1nc(CC)cs1. The molecule has 1 aromatic heterocycles. The van der Waals surface area contributed by atoms with Crippen molar-refractivity contribution >= 4 is 16.5 Å². The van der Waals surface area contributed by atoms with Crippen molar-refractivity contribution in [3.05, 3.63) is 11.1 Å². The molecule has 1 aliphatic carbocycles. The summed E-state index contributed by atoms with van der Waals surface area (Å²) >= 11 is 1.64. The van der Waals surface area contributed by atoms with Crippen LogP contribution < -0.4 is 11.1 Å². The zero-order valence-electron chi connectivity index (χ0n) is 9.77. The van der Waals surface area contributed by atoms with Crippen molar-refractivity contribution in [2.45, 2.75) is 44.9 Å². The summed E-state index contributed by atoms with van der Waals surface area (Å²) in [6.45, 7) is 4.87. The van der Waals surface area contributed by atoms with Crippen LogP contribution in [-0.2, 0) is 11.2 Å². The molecule has 0 amide bonds. The van der Waals surface area contributed by atoms with Crippen molar-refractivity contribution in [2.75, 3.05) is 11.9 Å². The smallest absolute Gasteiger partial charge is 0.183 e. The van der Waals surface area contributed by atoms with Gasteiger partial charge in [-0.05, 0) is 19.8 Å². The van der Waals surface area contributed by atoms with Gasteiger partial charge in [-0.3, -0.25) is 0 Å². The van der Waals surface area contributed by atoms with Crippen molar-refractivity contribution in [3.63, 3.8) is 0 Å². The highest BCUT2D eigenvalue weighted by Crippen LogP contribution is 2.27. The van der Waals surface area contributed by atoms with Gasteiger partial charge in [-0.15, -0.1) is 11.3 Å². The van der Waals surface area contributed by atoms with E-state index in [1.165, 1.54) is 0 Å². The molecular weight excluding hydrogens is 222 g/mol. The van der Waals surface area contributed by atoms with Crippen LogP contribution >= 0.6 is 11.3 Å². The van der Waals surface area contributed by atoms with Gasteiger partial charge in [0, 0.05) is 18.0 Å². The van der Waals surface area contributed by atoms with Gasteiger partial charge in [0.05, 0.1) is 17.8 Å². The lowest BCUT2D eigenvalue weighted by atomic mass is 9.83. The van der Waals surface area contributed by atoms with E-state index in [2.05, 4.69) is 22.6 Å². The van der Waals surface area contributed by atoms with Crippen molar-refractivity contribution in [1.29, 1.82) is 0 Å². The van der Waals surface area contributed by atoms with Crippen LogP contribution in [-0.4, -0.2) is 29.8 Å². The molecule has 1 saturated carbocycles. The van der Waals surface area contributed by atoms with E-state index in [-0.39, 0.29) is 18.2 Å². The van der Waals surface area contributed by atoms with E-state index < -0.39 is 0 Å². The molecule has 1 aromatic rings. The summed E-state index contributed by atoms with van der Waals surface area (Å²) in [6, 6.07) is 0.404. The average molecular weight is 241 g/mol. The van der Waals surface area contributed by atoms with Crippen LogP contribution in [0.15, 0.2) is 5.38 Å². The molecule has 0 saturated heterocycles. The number of ether oxygens (including phenoxy) is 1. The molecule has 0 bridgehead atoms. The Morgan fingerprint density at radius 3 is 3.00 bits per heavy atom. The summed E-state index contributed by atoms with van der Waals surface area (Å²) in [6.07, 6.45) is 2.16. The second kappa shape index (κ2) is 5.12. The molecule has 0 radical (unpaired) electrons. The number of nitrogens with one attached hydrogen (secondary N) is 1. The van der Waals surface area contributed by atoms with E-state index >= 15 is 0 Å². The Labute approximate surface area is 100 Å².